The number of hydrogen-bond acceptors (Lipinski definition) is 3. The number of nitrogens with two attached hydrogens (primary N) is 1. The van der Waals surface area contributed by atoms with Crippen LogP contribution in [0.4, 0.5) is 4.39 Å². The second-order valence-electron chi connectivity index (χ2n) is 4.81. The van der Waals surface area contributed by atoms with Crippen molar-refractivity contribution in [1.29, 1.82) is 0 Å². The molecule has 1 aliphatic carbocycles. The fourth-order valence-corrected chi connectivity index (χ4v) is 3.77. The van der Waals surface area contributed by atoms with Gasteiger partial charge in [-0.3, -0.25) is 4.79 Å². The third-order valence-corrected chi connectivity index (χ3v) is 5.54. The van der Waals surface area contributed by atoms with Crippen LogP contribution in [0.1, 0.15) is 29.6 Å². The van der Waals surface area contributed by atoms with Crippen LogP contribution in [0.3, 0.4) is 0 Å². The van der Waals surface area contributed by atoms with Gasteiger partial charge in [0.1, 0.15) is 5.82 Å². The van der Waals surface area contributed by atoms with Gasteiger partial charge in [0.25, 0.3) is 5.91 Å². The minimum Gasteiger partial charge on any atom is -0.339 e. The summed E-state index contributed by atoms with van der Waals surface area (Å²) in [4.78, 5) is 13.4. The first-order valence-corrected chi connectivity index (χ1v) is 8.34. The smallest absolute Gasteiger partial charge is 0.255 e. The number of rotatable bonds is 3. The SMILES string of the molecule is CN(C(=O)c1cc(F)cc(S(N)(=O)=O)c1Br)C1CCC1. The molecule has 2 N–H and O–H groups in total. The van der Waals surface area contributed by atoms with Crippen LogP contribution in [0, 0.1) is 5.82 Å². The second-order valence-corrected chi connectivity index (χ2v) is 7.13. The van der Waals surface area contributed by atoms with Crippen molar-refractivity contribution in [3.63, 3.8) is 0 Å². The number of carbonyl (C=O) groups excluding carboxylic acids is 1. The Hall–Kier alpha value is -0.990. The highest BCUT2D eigenvalue weighted by Gasteiger charge is 2.29. The van der Waals surface area contributed by atoms with Gasteiger partial charge in [0.05, 0.1) is 14.9 Å². The summed E-state index contributed by atoms with van der Waals surface area (Å²) in [6, 6.07) is 1.92. The summed E-state index contributed by atoms with van der Waals surface area (Å²) >= 11 is 3.04. The van der Waals surface area contributed by atoms with E-state index in [2.05, 4.69) is 15.9 Å². The molecule has 0 atom stereocenters. The molecule has 0 bridgehead atoms. The summed E-state index contributed by atoms with van der Waals surface area (Å²) in [7, 11) is -2.48. The number of carbonyl (C=O) groups is 1. The zero-order valence-electron chi connectivity index (χ0n) is 10.8. The lowest BCUT2D eigenvalue weighted by Crippen LogP contribution is -2.41. The van der Waals surface area contributed by atoms with Crippen LogP contribution in [0.15, 0.2) is 21.5 Å². The van der Waals surface area contributed by atoms with Gasteiger partial charge in [-0.15, -0.1) is 0 Å². The standard InChI is InChI=1S/C12H14BrFN2O3S/c1-16(8-3-2-4-8)12(17)9-5-7(14)6-10(11(9)13)20(15,18)19/h5-6,8H,2-4H2,1H3,(H2,15,18,19). The van der Waals surface area contributed by atoms with Crippen LogP contribution >= 0.6 is 15.9 Å². The molecule has 0 radical (unpaired) electrons. The van der Waals surface area contributed by atoms with Gasteiger partial charge in [-0.1, -0.05) is 0 Å². The first-order chi connectivity index (χ1) is 9.21. The number of benzene rings is 1. The van der Waals surface area contributed by atoms with Gasteiger partial charge in [-0.2, -0.15) is 0 Å². The van der Waals surface area contributed by atoms with E-state index >= 15 is 0 Å². The molecule has 1 aromatic rings. The van der Waals surface area contributed by atoms with Crippen LogP contribution in [0.2, 0.25) is 0 Å². The van der Waals surface area contributed by atoms with Crippen molar-refractivity contribution < 1.29 is 17.6 Å². The average Bonchev–Trinajstić information content (AvgIpc) is 2.27. The second kappa shape index (κ2) is 5.42. The van der Waals surface area contributed by atoms with E-state index in [9.17, 15) is 17.6 Å². The van der Waals surface area contributed by atoms with E-state index in [1.54, 1.807) is 7.05 Å². The highest BCUT2D eigenvalue weighted by molar-refractivity contribution is 9.10. The lowest BCUT2D eigenvalue weighted by molar-refractivity contribution is 0.0650. The van der Waals surface area contributed by atoms with E-state index in [-0.39, 0.29) is 16.1 Å². The minimum absolute atomic E-state index is 0.00225. The normalized spacial score (nSPS) is 15.8. The summed E-state index contributed by atoms with van der Waals surface area (Å²) in [6.45, 7) is 0. The minimum atomic E-state index is -4.11. The summed E-state index contributed by atoms with van der Waals surface area (Å²) in [6.07, 6.45) is 2.85. The first-order valence-electron chi connectivity index (χ1n) is 6.01. The molecule has 1 fully saturated rings. The van der Waals surface area contributed by atoms with Crippen LogP contribution in [0.5, 0.6) is 0 Å². The molecule has 0 aliphatic heterocycles. The molecular formula is C12H14BrFN2O3S. The molecule has 0 unspecified atom stereocenters. The van der Waals surface area contributed by atoms with Gasteiger partial charge in [0, 0.05) is 13.1 Å². The fourth-order valence-electron chi connectivity index (χ4n) is 2.06. The molecule has 0 saturated heterocycles. The molecule has 2 rings (SSSR count). The Balaban J connectivity index is 2.46. The zero-order valence-corrected chi connectivity index (χ0v) is 13.2. The lowest BCUT2D eigenvalue weighted by Gasteiger charge is -2.35. The van der Waals surface area contributed by atoms with Crippen LogP contribution in [-0.2, 0) is 10.0 Å². The third kappa shape index (κ3) is 2.87. The quantitative estimate of drug-likeness (QED) is 0.888. The molecule has 1 aromatic carbocycles. The van der Waals surface area contributed by atoms with Gasteiger partial charge in [0.15, 0.2) is 0 Å². The Morgan fingerprint density at radius 3 is 2.50 bits per heavy atom. The summed E-state index contributed by atoms with van der Waals surface area (Å²) in [5, 5.41) is 5.02. The van der Waals surface area contributed by atoms with Gasteiger partial charge in [-0.05, 0) is 47.3 Å². The van der Waals surface area contributed by atoms with E-state index in [4.69, 9.17) is 5.14 Å². The van der Waals surface area contributed by atoms with Crippen molar-refractivity contribution in [2.75, 3.05) is 7.05 Å². The van der Waals surface area contributed by atoms with E-state index < -0.39 is 26.6 Å². The van der Waals surface area contributed by atoms with Crippen LogP contribution in [0.25, 0.3) is 0 Å². The van der Waals surface area contributed by atoms with E-state index in [1.807, 2.05) is 0 Å². The van der Waals surface area contributed by atoms with E-state index in [1.165, 1.54) is 4.90 Å². The molecule has 0 spiro atoms. The molecule has 8 heteroatoms. The van der Waals surface area contributed by atoms with Crippen molar-refractivity contribution >= 4 is 31.9 Å². The van der Waals surface area contributed by atoms with E-state index in [0.717, 1.165) is 31.4 Å². The fraction of sp³-hybridized carbons (Fsp3) is 0.417. The number of halogens is 2. The van der Waals surface area contributed by atoms with Gasteiger partial charge in [-0.25, -0.2) is 17.9 Å². The highest BCUT2D eigenvalue weighted by Crippen LogP contribution is 2.30. The largest absolute Gasteiger partial charge is 0.339 e. The zero-order chi connectivity index (χ0) is 15.1. The molecule has 110 valence electrons. The lowest BCUT2D eigenvalue weighted by atomic mass is 9.91. The van der Waals surface area contributed by atoms with Crippen LogP contribution < -0.4 is 5.14 Å². The number of hydrogen-bond donors (Lipinski definition) is 1. The van der Waals surface area contributed by atoms with Crippen LogP contribution in [-0.4, -0.2) is 32.3 Å². The average molecular weight is 365 g/mol. The topological polar surface area (TPSA) is 80.5 Å². The predicted molar refractivity (Wildman–Crippen MR) is 75.2 cm³/mol. The number of sulfonamides is 1. The molecule has 0 heterocycles. The number of nitrogens with zero attached hydrogens (tertiary/aromatic N) is 1. The van der Waals surface area contributed by atoms with Gasteiger partial charge in [0.2, 0.25) is 10.0 Å². The molecule has 1 aliphatic rings. The Morgan fingerprint density at radius 2 is 2.05 bits per heavy atom. The monoisotopic (exact) mass is 364 g/mol. The number of amides is 1. The maximum Gasteiger partial charge on any atom is 0.255 e. The summed E-state index contributed by atoms with van der Waals surface area (Å²) in [5.74, 6) is -1.24. The van der Waals surface area contributed by atoms with E-state index in [0.29, 0.717) is 0 Å². The Morgan fingerprint density at radius 1 is 1.45 bits per heavy atom. The van der Waals surface area contributed by atoms with Crippen molar-refractivity contribution in [3.8, 4) is 0 Å². The van der Waals surface area contributed by atoms with Crippen molar-refractivity contribution in [1.82, 2.24) is 4.90 Å². The Labute approximate surface area is 125 Å². The maximum atomic E-state index is 13.5. The first kappa shape index (κ1) is 15.4. The predicted octanol–water partition coefficient (Wildman–Crippen LogP) is 1.86. The molecular weight excluding hydrogens is 351 g/mol. The maximum absolute atomic E-state index is 13.5. The molecule has 5 nitrogen and oxygen atoms in total. The Kier molecular flexibility index (Phi) is 4.17. The van der Waals surface area contributed by atoms with Crippen molar-refractivity contribution in [2.45, 2.75) is 30.2 Å². The summed E-state index contributed by atoms with van der Waals surface area (Å²) in [5.41, 5.74) is -0.0385. The van der Waals surface area contributed by atoms with Crippen molar-refractivity contribution in [2.24, 2.45) is 5.14 Å². The summed E-state index contributed by atoms with van der Waals surface area (Å²) < 4.78 is 36.4. The third-order valence-electron chi connectivity index (χ3n) is 3.48. The number of primary sulfonamides is 1. The molecule has 1 saturated carbocycles. The van der Waals surface area contributed by atoms with Gasteiger partial charge < -0.3 is 4.90 Å². The Bertz CT molecular complexity index is 659. The molecule has 1 amide bonds. The van der Waals surface area contributed by atoms with Gasteiger partial charge >= 0.3 is 0 Å². The molecule has 0 aromatic heterocycles. The van der Waals surface area contributed by atoms with Crippen molar-refractivity contribution in [3.05, 3.63) is 28.0 Å². The molecule has 20 heavy (non-hydrogen) atoms. The highest BCUT2D eigenvalue weighted by atomic mass is 79.9.